The lowest BCUT2D eigenvalue weighted by Gasteiger charge is -2.17. The summed E-state index contributed by atoms with van der Waals surface area (Å²) in [5, 5.41) is 11.6. The molecule has 1 aromatic carbocycles. The van der Waals surface area contributed by atoms with Crippen LogP contribution in [0.3, 0.4) is 0 Å². The SMILES string of the molecule is CCn1cnnc1CNC(C)c1cc(C)ccc1C. The second kappa shape index (κ2) is 5.97. The van der Waals surface area contributed by atoms with Gasteiger partial charge in [-0.2, -0.15) is 0 Å². The van der Waals surface area contributed by atoms with Crippen molar-refractivity contribution in [3.05, 3.63) is 47.0 Å². The minimum atomic E-state index is 0.307. The summed E-state index contributed by atoms with van der Waals surface area (Å²) in [6.45, 7) is 10.2. The van der Waals surface area contributed by atoms with Crippen molar-refractivity contribution >= 4 is 0 Å². The molecule has 0 radical (unpaired) electrons. The molecule has 1 unspecified atom stereocenters. The zero-order chi connectivity index (χ0) is 13.8. The molecular weight excluding hydrogens is 236 g/mol. The van der Waals surface area contributed by atoms with Gasteiger partial charge in [-0.25, -0.2) is 0 Å². The van der Waals surface area contributed by atoms with Crippen molar-refractivity contribution in [1.29, 1.82) is 0 Å². The number of nitrogens with zero attached hydrogens (tertiary/aromatic N) is 3. The van der Waals surface area contributed by atoms with Gasteiger partial charge in [0.05, 0.1) is 6.54 Å². The van der Waals surface area contributed by atoms with E-state index in [1.165, 1.54) is 16.7 Å². The van der Waals surface area contributed by atoms with Crippen molar-refractivity contribution in [3.8, 4) is 0 Å². The lowest BCUT2D eigenvalue weighted by atomic mass is 10.00. The maximum Gasteiger partial charge on any atom is 0.146 e. The third-order valence-electron chi connectivity index (χ3n) is 3.50. The van der Waals surface area contributed by atoms with Crippen LogP contribution in [0.1, 0.15) is 42.4 Å². The molecule has 0 fully saturated rings. The van der Waals surface area contributed by atoms with Crippen LogP contribution < -0.4 is 5.32 Å². The van der Waals surface area contributed by atoms with Gasteiger partial charge in [0.25, 0.3) is 0 Å². The Labute approximate surface area is 114 Å². The second-order valence-corrected chi connectivity index (χ2v) is 5.00. The molecule has 2 rings (SSSR count). The van der Waals surface area contributed by atoms with E-state index < -0.39 is 0 Å². The molecule has 2 aromatic rings. The summed E-state index contributed by atoms with van der Waals surface area (Å²) in [7, 11) is 0. The van der Waals surface area contributed by atoms with Crippen LogP contribution in [0.5, 0.6) is 0 Å². The first kappa shape index (κ1) is 13.7. The first-order valence-electron chi connectivity index (χ1n) is 6.79. The average molecular weight is 258 g/mol. The van der Waals surface area contributed by atoms with E-state index in [4.69, 9.17) is 0 Å². The van der Waals surface area contributed by atoms with E-state index >= 15 is 0 Å². The molecule has 4 nitrogen and oxygen atoms in total. The van der Waals surface area contributed by atoms with Crippen molar-refractivity contribution in [1.82, 2.24) is 20.1 Å². The summed E-state index contributed by atoms with van der Waals surface area (Å²) in [6.07, 6.45) is 1.78. The standard InChI is InChI=1S/C15H22N4/c1-5-19-10-17-18-15(19)9-16-13(4)14-8-11(2)6-7-12(14)3/h6-8,10,13,16H,5,9H2,1-4H3. The Kier molecular flexibility index (Phi) is 4.32. The van der Waals surface area contributed by atoms with Crippen LogP contribution in [0.25, 0.3) is 0 Å². The fourth-order valence-corrected chi connectivity index (χ4v) is 2.26. The first-order valence-corrected chi connectivity index (χ1v) is 6.79. The Bertz CT molecular complexity index is 545. The van der Waals surface area contributed by atoms with E-state index in [-0.39, 0.29) is 0 Å². The summed E-state index contributed by atoms with van der Waals surface area (Å²) >= 11 is 0. The first-order chi connectivity index (χ1) is 9.11. The van der Waals surface area contributed by atoms with Gasteiger partial charge >= 0.3 is 0 Å². The number of hydrogen-bond donors (Lipinski definition) is 1. The van der Waals surface area contributed by atoms with E-state index in [9.17, 15) is 0 Å². The van der Waals surface area contributed by atoms with Gasteiger partial charge < -0.3 is 9.88 Å². The van der Waals surface area contributed by atoms with Gasteiger partial charge in [-0.05, 0) is 38.8 Å². The molecule has 0 aliphatic heterocycles. The van der Waals surface area contributed by atoms with Crippen LogP contribution in [0.2, 0.25) is 0 Å². The van der Waals surface area contributed by atoms with Crippen LogP contribution in [-0.4, -0.2) is 14.8 Å². The zero-order valence-electron chi connectivity index (χ0n) is 12.1. The number of aromatic nitrogens is 3. The monoisotopic (exact) mass is 258 g/mol. The van der Waals surface area contributed by atoms with Gasteiger partial charge in [0.2, 0.25) is 0 Å². The Morgan fingerprint density at radius 2 is 2.11 bits per heavy atom. The highest BCUT2D eigenvalue weighted by Crippen LogP contribution is 2.19. The summed E-state index contributed by atoms with van der Waals surface area (Å²) in [4.78, 5) is 0. The van der Waals surface area contributed by atoms with Gasteiger partial charge in [-0.1, -0.05) is 23.8 Å². The molecule has 1 aromatic heterocycles. The minimum Gasteiger partial charge on any atom is -0.317 e. The van der Waals surface area contributed by atoms with Crippen molar-refractivity contribution in [3.63, 3.8) is 0 Å². The van der Waals surface area contributed by atoms with Crippen molar-refractivity contribution in [2.75, 3.05) is 0 Å². The van der Waals surface area contributed by atoms with Crippen LogP contribution in [-0.2, 0) is 13.1 Å². The summed E-state index contributed by atoms with van der Waals surface area (Å²) in [5.41, 5.74) is 3.97. The topological polar surface area (TPSA) is 42.7 Å². The molecule has 4 heteroatoms. The average Bonchev–Trinajstić information content (AvgIpc) is 2.86. The normalized spacial score (nSPS) is 12.6. The molecular formula is C15H22N4. The zero-order valence-corrected chi connectivity index (χ0v) is 12.1. The Morgan fingerprint density at radius 1 is 1.32 bits per heavy atom. The Hall–Kier alpha value is -1.68. The van der Waals surface area contributed by atoms with Crippen LogP contribution in [0.15, 0.2) is 24.5 Å². The number of benzene rings is 1. The molecule has 19 heavy (non-hydrogen) atoms. The number of hydrogen-bond acceptors (Lipinski definition) is 3. The van der Waals surface area contributed by atoms with Gasteiger partial charge in [0.15, 0.2) is 0 Å². The molecule has 1 atom stereocenters. The van der Waals surface area contributed by atoms with Crippen molar-refractivity contribution in [2.24, 2.45) is 0 Å². The lowest BCUT2D eigenvalue weighted by molar-refractivity contribution is 0.537. The number of nitrogens with one attached hydrogen (secondary N) is 1. The maximum absolute atomic E-state index is 4.14. The second-order valence-electron chi connectivity index (χ2n) is 5.00. The van der Waals surface area contributed by atoms with E-state index in [2.05, 4.69) is 66.0 Å². The Morgan fingerprint density at radius 3 is 2.84 bits per heavy atom. The molecule has 0 saturated heterocycles. The van der Waals surface area contributed by atoms with Gasteiger partial charge in [-0.3, -0.25) is 0 Å². The minimum absolute atomic E-state index is 0.307. The predicted octanol–water partition coefficient (Wildman–Crippen LogP) is 2.77. The molecule has 0 aliphatic rings. The van der Waals surface area contributed by atoms with Crippen LogP contribution >= 0.6 is 0 Å². The summed E-state index contributed by atoms with van der Waals surface area (Å²) in [5.74, 6) is 0.986. The maximum atomic E-state index is 4.14. The molecule has 1 N–H and O–H groups in total. The molecule has 0 aliphatic carbocycles. The number of rotatable bonds is 5. The van der Waals surface area contributed by atoms with Gasteiger partial charge in [0.1, 0.15) is 12.2 Å². The van der Waals surface area contributed by atoms with E-state index in [1.54, 1.807) is 6.33 Å². The Balaban J connectivity index is 2.05. The fraction of sp³-hybridized carbons (Fsp3) is 0.467. The van der Waals surface area contributed by atoms with Crippen molar-refractivity contribution < 1.29 is 0 Å². The largest absolute Gasteiger partial charge is 0.317 e. The number of aryl methyl sites for hydroxylation is 3. The van der Waals surface area contributed by atoms with E-state index in [0.29, 0.717) is 6.04 Å². The highest BCUT2D eigenvalue weighted by atomic mass is 15.3. The van der Waals surface area contributed by atoms with E-state index in [1.807, 2.05) is 0 Å². The van der Waals surface area contributed by atoms with Gasteiger partial charge in [0, 0.05) is 12.6 Å². The highest BCUT2D eigenvalue weighted by Gasteiger charge is 2.10. The fourth-order valence-electron chi connectivity index (χ4n) is 2.26. The molecule has 1 heterocycles. The molecule has 0 bridgehead atoms. The molecule has 0 spiro atoms. The summed E-state index contributed by atoms with van der Waals surface area (Å²) < 4.78 is 2.06. The third kappa shape index (κ3) is 3.20. The lowest BCUT2D eigenvalue weighted by Crippen LogP contribution is -2.21. The van der Waals surface area contributed by atoms with Crippen molar-refractivity contribution in [2.45, 2.75) is 46.8 Å². The molecule has 0 saturated carbocycles. The molecule has 0 amide bonds. The quantitative estimate of drug-likeness (QED) is 0.896. The highest BCUT2D eigenvalue weighted by molar-refractivity contribution is 5.32. The predicted molar refractivity (Wildman–Crippen MR) is 76.9 cm³/mol. The van der Waals surface area contributed by atoms with Crippen LogP contribution in [0, 0.1) is 13.8 Å². The van der Waals surface area contributed by atoms with Gasteiger partial charge in [-0.15, -0.1) is 10.2 Å². The smallest absolute Gasteiger partial charge is 0.146 e. The summed E-state index contributed by atoms with van der Waals surface area (Å²) in [6, 6.07) is 6.88. The third-order valence-corrected chi connectivity index (χ3v) is 3.50. The van der Waals surface area contributed by atoms with E-state index in [0.717, 1.165) is 18.9 Å². The molecule has 102 valence electrons. The van der Waals surface area contributed by atoms with Crippen LogP contribution in [0.4, 0.5) is 0 Å².